The van der Waals surface area contributed by atoms with Crippen molar-refractivity contribution in [2.45, 2.75) is 26.3 Å². The summed E-state index contributed by atoms with van der Waals surface area (Å²) in [5.41, 5.74) is 6.67. The molecule has 1 aliphatic heterocycles. The van der Waals surface area contributed by atoms with Crippen LogP contribution in [0.5, 0.6) is 0 Å². The SMILES string of the molecule is Cc1ccc2c(c1C)NC(c1cccc(Cl)c1)C2. The zero-order valence-electron chi connectivity index (χ0n) is 10.6. The average Bonchev–Trinajstić information content (AvgIpc) is 2.79. The maximum absolute atomic E-state index is 6.06. The third kappa shape index (κ3) is 1.89. The summed E-state index contributed by atoms with van der Waals surface area (Å²) in [6.45, 7) is 4.34. The van der Waals surface area contributed by atoms with Crippen LogP contribution in [-0.2, 0) is 6.42 Å². The van der Waals surface area contributed by atoms with E-state index in [0.29, 0.717) is 6.04 Å². The molecule has 0 saturated heterocycles. The number of rotatable bonds is 1. The normalized spacial score (nSPS) is 17.4. The van der Waals surface area contributed by atoms with Crippen molar-refractivity contribution in [3.8, 4) is 0 Å². The Labute approximate surface area is 113 Å². The summed E-state index contributed by atoms with van der Waals surface area (Å²) in [5.74, 6) is 0. The molecule has 2 aromatic carbocycles. The van der Waals surface area contributed by atoms with Crippen LogP contribution in [0.3, 0.4) is 0 Å². The highest BCUT2D eigenvalue weighted by Gasteiger charge is 2.23. The van der Waals surface area contributed by atoms with E-state index in [0.717, 1.165) is 11.4 Å². The van der Waals surface area contributed by atoms with Gasteiger partial charge in [-0.25, -0.2) is 0 Å². The van der Waals surface area contributed by atoms with Crippen LogP contribution in [0.2, 0.25) is 5.02 Å². The molecular formula is C16H16ClN. The topological polar surface area (TPSA) is 12.0 Å². The molecule has 1 atom stereocenters. The molecule has 2 heteroatoms. The van der Waals surface area contributed by atoms with Crippen molar-refractivity contribution in [1.82, 2.24) is 0 Å². The van der Waals surface area contributed by atoms with Gasteiger partial charge < -0.3 is 5.32 Å². The molecular weight excluding hydrogens is 242 g/mol. The molecule has 0 spiro atoms. The Hall–Kier alpha value is -1.47. The molecule has 0 bridgehead atoms. The second-order valence-electron chi connectivity index (χ2n) is 5.00. The van der Waals surface area contributed by atoms with E-state index in [4.69, 9.17) is 11.6 Å². The lowest BCUT2D eigenvalue weighted by Crippen LogP contribution is -2.05. The highest BCUT2D eigenvalue weighted by Crippen LogP contribution is 2.37. The molecule has 1 N–H and O–H groups in total. The van der Waals surface area contributed by atoms with E-state index in [1.165, 1.54) is 27.9 Å². The van der Waals surface area contributed by atoms with Gasteiger partial charge in [0.2, 0.25) is 0 Å². The van der Waals surface area contributed by atoms with Crippen LogP contribution >= 0.6 is 11.6 Å². The highest BCUT2D eigenvalue weighted by atomic mass is 35.5. The number of nitrogens with one attached hydrogen (secondary N) is 1. The third-order valence-electron chi connectivity index (χ3n) is 3.82. The van der Waals surface area contributed by atoms with Gasteiger partial charge in [-0.2, -0.15) is 0 Å². The number of hydrogen-bond acceptors (Lipinski definition) is 1. The first-order chi connectivity index (χ1) is 8.65. The third-order valence-corrected chi connectivity index (χ3v) is 4.05. The van der Waals surface area contributed by atoms with Gasteiger partial charge in [-0.15, -0.1) is 0 Å². The van der Waals surface area contributed by atoms with Crippen molar-refractivity contribution >= 4 is 17.3 Å². The first-order valence-corrected chi connectivity index (χ1v) is 6.64. The molecule has 0 aromatic heterocycles. The van der Waals surface area contributed by atoms with E-state index in [2.05, 4.69) is 37.4 Å². The molecule has 1 aliphatic rings. The molecule has 3 rings (SSSR count). The Morgan fingerprint density at radius 1 is 1.17 bits per heavy atom. The van der Waals surface area contributed by atoms with Gasteiger partial charge in [0.25, 0.3) is 0 Å². The summed E-state index contributed by atoms with van der Waals surface area (Å²) in [6.07, 6.45) is 1.04. The predicted octanol–water partition coefficient (Wildman–Crippen LogP) is 4.67. The van der Waals surface area contributed by atoms with Crippen LogP contribution < -0.4 is 5.32 Å². The number of aryl methyl sites for hydroxylation is 1. The van der Waals surface area contributed by atoms with Crippen molar-refractivity contribution in [3.05, 3.63) is 63.7 Å². The first kappa shape index (κ1) is 11.6. The summed E-state index contributed by atoms with van der Waals surface area (Å²) in [5, 5.41) is 4.43. The molecule has 18 heavy (non-hydrogen) atoms. The Bertz CT molecular complexity index is 604. The van der Waals surface area contributed by atoms with Crippen molar-refractivity contribution in [1.29, 1.82) is 0 Å². The first-order valence-electron chi connectivity index (χ1n) is 6.26. The molecule has 2 aromatic rings. The van der Waals surface area contributed by atoms with Gasteiger partial charge in [-0.1, -0.05) is 35.9 Å². The van der Waals surface area contributed by atoms with Crippen molar-refractivity contribution in [3.63, 3.8) is 0 Å². The van der Waals surface area contributed by atoms with Crippen LogP contribution in [0, 0.1) is 13.8 Å². The van der Waals surface area contributed by atoms with Crippen LogP contribution in [0.1, 0.15) is 28.3 Å². The zero-order valence-corrected chi connectivity index (χ0v) is 11.4. The number of halogens is 1. The summed E-state index contributed by atoms with van der Waals surface area (Å²) in [4.78, 5) is 0. The maximum Gasteiger partial charge on any atom is 0.0555 e. The van der Waals surface area contributed by atoms with Gasteiger partial charge in [0.15, 0.2) is 0 Å². The Balaban J connectivity index is 1.96. The minimum absolute atomic E-state index is 0.346. The second kappa shape index (κ2) is 4.33. The Morgan fingerprint density at radius 2 is 2.00 bits per heavy atom. The lowest BCUT2D eigenvalue weighted by Gasteiger charge is -2.13. The Kier molecular flexibility index (Phi) is 2.79. The lowest BCUT2D eigenvalue weighted by atomic mass is 10.0. The highest BCUT2D eigenvalue weighted by molar-refractivity contribution is 6.30. The minimum Gasteiger partial charge on any atom is -0.377 e. The number of benzene rings is 2. The van der Waals surface area contributed by atoms with Gasteiger partial charge in [-0.3, -0.25) is 0 Å². The average molecular weight is 258 g/mol. The van der Waals surface area contributed by atoms with Gasteiger partial charge >= 0.3 is 0 Å². The van der Waals surface area contributed by atoms with Crippen LogP contribution in [-0.4, -0.2) is 0 Å². The number of fused-ring (bicyclic) bond motifs is 1. The van der Waals surface area contributed by atoms with E-state index >= 15 is 0 Å². The summed E-state index contributed by atoms with van der Waals surface area (Å²) < 4.78 is 0. The molecule has 92 valence electrons. The van der Waals surface area contributed by atoms with E-state index in [1.807, 2.05) is 18.2 Å². The van der Waals surface area contributed by atoms with Crippen LogP contribution in [0.25, 0.3) is 0 Å². The molecule has 0 saturated carbocycles. The van der Waals surface area contributed by atoms with Gasteiger partial charge in [0.05, 0.1) is 6.04 Å². The van der Waals surface area contributed by atoms with Crippen molar-refractivity contribution < 1.29 is 0 Å². The molecule has 0 radical (unpaired) electrons. The monoisotopic (exact) mass is 257 g/mol. The predicted molar refractivity (Wildman–Crippen MR) is 77.4 cm³/mol. The van der Waals surface area contributed by atoms with E-state index in [1.54, 1.807) is 0 Å². The van der Waals surface area contributed by atoms with Crippen LogP contribution in [0.15, 0.2) is 36.4 Å². The number of anilines is 1. The second-order valence-corrected chi connectivity index (χ2v) is 5.43. The quantitative estimate of drug-likeness (QED) is 0.783. The molecule has 1 nitrogen and oxygen atoms in total. The molecule has 1 heterocycles. The van der Waals surface area contributed by atoms with Crippen LogP contribution in [0.4, 0.5) is 5.69 Å². The number of hydrogen-bond donors (Lipinski definition) is 1. The minimum atomic E-state index is 0.346. The van der Waals surface area contributed by atoms with Gasteiger partial charge in [0.1, 0.15) is 0 Å². The molecule has 0 amide bonds. The fourth-order valence-electron chi connectivity index (χ4n) is 2.61. The standard InChI is InChI=1S/C16H16ClN/c1-10-6-7-13-9-15(18-16(13)11(10)2)12-4-3-5-14(17)8-12/h3-8,15,18H,9H2,1-2H3. The van der Waals surface area contributed by atoms with Gasteiger partial charge in [0, 0.05) is 10.7 Å². The van der Waals surface area contributed by atoms with E-state index in [-0.39, 0.29) is 0 Å². The lowest BCUT2D eigenvalue weighted by molar-refractivity contribution is 0.824. The van der Waals surface area contributed by atoms with E-state index in [9.17, 15) is 0 Å². The van der Waals surface area contributed by atoms with E-state index < -0.39 is 0 Å². The van der Waals surface area contributed by atoms with Crippen molar-refractivity contribution in [2.75, 3.05) is 5.32 Å². The fourth-order valence-corrected chi connectivity index (χ4v) is 2.81. The summed E-state index contributed by atoms with van der Waals surface area (Å²) >= 11 is 6.06. The summed E-state index contributed by atoms with van der Waals surface area (Å²) in [7, 11) is 0. The largest absolute Gasteiger partial charge is 0.377 e. The smallest absolute Gasteiger partial charge is 0.0555 e. The molecule has 1 unspecified atom stereocenters. The fraction of sp³-hybridized carbons (Fsp3) is 0.250. The van der Waals surface area contributed by atoms with Gasteiger partial charge in [-0.05, 0) is 54.7 Å². The maximum atomic E-state index is 6.06. The summed E-state index contributed by atoms with van der Waals surface area (Å²) in [6, 6.07) is 12.9. The van der Waals surface area contributed by atoms with Crippen molar-refractivity contribution in [2.24, 2.45) is 0 Å². The molecule has 0 fully saturated rings. The Morgan fingerprint density at radius 3 is 2.78 bits per heavy atom. The molecule has 0 aliphatic carbocycles. The zero-order chi connectivity index (χ0) is 12.7.